The maximum Gasteiger partial charge on any atom is 0.408 e. The van der Waals surface area contributed by atoms with Gasteiger partial charge >= 0.3 is 12.1 Å². The van der Waals surface area contributed by atoms with Gasteiger partial charge in [0, 0.05) is 23.9 Å². The number of hydrogen-bond acceptors (Lipinski definition) is 10. The van der Waals surface area contributed by atoms with Crippen LogP contribution < -0.4 is 5.32 Å². The van der Waals surface area contributed by atoms with Crippen molar-refractivity contribution in [1.29, 1.82) is 0 Å². The predicted molar refractivity (Wildman–Crippen MR) is 206 cm³/mol. The fraction of sp³-hybridized carbons (Fsp3) is 0.233. The molecule has 1 unspecified atom stereocenters. The number of imide groups is 1. The normalized spacial score (nSPS) is 19.5. The first-order valence-corrected chi connectivity index (χ1v) is 19.1. The number of carbonyl (C=O) groups excluding carboxylic acids is 3. The van der Waals surface area contributed by atoms with Gasteiger partial charge in [-0.25, -0.2) is 14.6 Å². The smallest absolute Gasteiger partial charge is 0.408 e. The first kappa shape index (κ1) is 38.4. The zero-order valence-corrected chi connectivity index (χ0v) is 31.0. The van der Waals surface area contributed by atoms with Crippen molar-refractivity contribution in [3.05, 3.63) is 155 Å². The van der Waals surface area contributed by atoms with Gasteiger partial charge < -0.3 is 29.7 Å². The lowest BCUT2D eigenvalue weighted by Crippen LogP contribution is -2.41. The first-order valence-electron chi connectivity index (χ1n) is 18.1. The molecule has 13 heteroatoms. The summed E-state index contributed by atoms with van der Waals surface area (Å²) in [6.45, 7) is -0.00845. The Morgan fingerprint density at radius 1 is 0.857 bits per heavy atom. The number of carbonyl (C=O) groups is 4. The van der Waals surface area contributed by atoms with Crippen LogP contribution in [0.4, 0.5) is 4.79 Å². The molecule has 2 aliphatic rings. The van der Waals surface area contributed by atoms with Crippen LogP contribution in [0.1, 0.15) is 63.4 Å². The molecule has 5 aromatic rings. The average molecular weight is 774 g/mol. The van der Waals surface area contributed by atoms with Crippen molar-refractivity contribution < 1.29 is 43.6 Å². The maximum absolute atomic E-state index is 13.3. The highest BCUT2D eigenvalue weighted by molar-refractivity contribution is 7.99. The SMILES string of the molecule is O=C(NC1CC(=O)N(Cc2ccccc2-c2ccc([C@@H]3O[C@H](CSc4ncccc4C(=O)O)C[C@H](c4ccc(CO)cc4)O3)cc2)C1=O)OCc1ccccc1. The summed E-state index contributed by atoms with van der Waals surface area (Å²) in [5.74, 6) is -1.51. The van der Waals surface area contributed by atoms with Crippen LogP contribution in [0.5, 0.6) is 0 Å². The minimum absolute atomic E-state index is 0.0254. The number of ether oxygens (including phenoxy) is 3. The van der Waals surface area contributed by atoms with Gasteiger partial charge in [-0.15, -0.1) is 11.8 Å². The van der Waals surface area contributed by atoms with Gasteiger partial charge in [0.2, 0.25) is 5.91 Å². The van der Waals surface area contributed by atoms with E-state index in [-0.39, 0.29) is 44.0 Å². The van der Waals surface area contributed by atoms with Crippen LogP contribution in [0.3, 0.4) is 0 Å². The quantitative estimate of drug-likeness (QED) is 0.0849. The lowest BCUT2D eigenvalue weighted by atomic mass is 9.97. The zero-order chi connectivity index (χ0) is 39.0. The Kier molecular flexibility index (Phi) is 12.2. The fourth-order valence-electron chi connectivity index (χ4n) is 6.66. The van der Waals surface area contributed by atoms with Crippen LogP contribution in [0.2, 0.25) is 0 Å². The number of aliphatic hydroxyl groups excluding tert-OH is 1. The van der Waals surface area contributed by atoms with Gasteiger partial charge in [-0.3, -0.25) is 14.5 Å². The molecule has 2 fully saturated rings. The predicted octanol–water partition coefficient (Wildman–Crippen LogP) is 6.83. The number of rotatable bonds is 13. The number of carboxylic acids is 1. The maximum atomic E-state index is 13.3. The van der Waals surface area contributed by atoms with Gasteiger partial charge in [0.1, 0.15) is 17.7 Å². The summed E-state index contributed by atoms with van der Waals surface area (Å²) < 4.78 is 18.2. The van der Waals surface area contributed by atoms with E-state index in [9.17, 15) is 29.4 Å². The average Bonchev–Trinajstić information content (AvgIpc) is 3.49. The van der Waals surface area contributed by atoms with Crippen LogP contribution in [-0.4, -0.2) is 61.9 Å². The van der Waals surface area contributed by atoms with Gasteiger partial charge in [0.05, 0.1) is 37.3 Å². The first-order chi connectivity index (χ1) is 27.2. The molecule has 56 heavy (non-hydrogen) atoms. The Bertz CT molecular complexity index is 2180. The van der Waals surface area contributed by atoms with Gasteiger partial charge in [-0.1, -0.05) is 103 Å². The largest absolute Gasteiger partial charge is 0.478 e. The fourth-order valence-corrected chi connectivity index (χ4v) is 7.67. The zero-order valence-electron chi connectivity index (χ0n) is 30.2. The number of carboxylic acid groups (broad SMARTS) is 1. The van der Waals surface area contributed by atoms with E-state index in [2.05, 4.69) is 10.3 Å². The molecule has 12 nitrogen and oxygen atoms in total. The Morgan fingerprint density at radius 3 is 2.34 bits per heavy atom. The molecule has 0 saturated carbocycles. The number of pyridine rings is 1. The van der Waals surface area contributed by atoms with Crippen LogP contribution >= 0.6 is 11.8 Å². The number of aromatic nitrogens is 1. The van der Waals surface area contributed by atoms with E-state index in [0.29, 0.717) is 17.2 Å². The molecule has 286 valence electrons. The number of nitrogens with zero attached hydrogens (tertiary/aromatic N) is 2. The molecule has 3 heterocycles. The number of thioether (sulfide) groups is 1. The van der Waals surface area contributed by atoms with E-state index in [1.165, 1.54) is 17.8 Å². The minimum Gasteiger partial charge on any atom is -0.478 e. The van der Waals surface area contributed by atoms with Gasteiger partial charge in [0.15, 0.2) is 6.29 Å². The summed E-state index contributed by atoms with van der Waals surface area (Å²) in [5, 5.41) is 22.2. The number of nitrogens with one attached hydrogen (secondary N) is 1. The highest BCUT2D eigenvalue weighted by Crippen LogP contribution is 2.40. The van der Waals surface area contributed by atoms with E-state index in [1.807, 2.05) is 103 Å². The molecule has 3 amide bonds. The number of alkyl carbamates (subject to hydrolysis) is 1. The monoisotopic (exact) mass is 773 g/mol. The Morgan fingerprint density at radius 2 is 1.59 bits per heavy atom. The van der Waals surface area contributed by atoms with Crippen molar-refractivity contribution in [1.82, 2.24) is 15.2 Å². The number of amides is 3. The standard InChI is InChI=1S/C43H39N3O9S/c47-24-27-12-14-30(15-13-27)37-21-33(26-56-39-35(41(50)51)11-6-20-44-39)54-42(55-37)31-18-16-29(17-19-31)34-10-5-4-9-32(34)23-46-38(48)22-36(40(46)49)45-43(52)53-25-28-7-2-1-3-8-28/h1-20,33,36-37,42,47H,21-26H2,(H,45,52)(H,50,51)/t33-,36?,37+,42+/m0/s1. The highest BCUT2D eigenvalue weighted by Gasteiger charge is 2.40. The molecule has 2 saturated heterocycles. The third-order valence-electron chi connectivity index (χ3n) is 9.61. The Labute approximate surface area is 327 Å². The van der Waals surface area contributed by atoms with E-state index in [0.717, 1.165) is 43.8 Å². The molecular weight excluding hydrogens is 735 g/mol. The lowest BCUT2D eigenvalue weighted by Gasteiger charge is -2.36. The van der Waals surface area contributed by atoms with Gasteiger partial charge in [0.25, 0.3) is 5.91 Å². The summed E-state index contributed by atoms with van der Waals surface area (Å²) in [7, 11) is 0. The molecule has 0 aliphatic carbocycles. The third-order valence-corrected chi connectivity index (χ3v) is 10.7. The Hall–Kier alpha value is -5.86. The Balaban J connectivity index is 1.04. The summed E-state index contributed by atoms with van der Waals surface area (Å²) in [6, 6.07) is 34.0. The summed E-state index contributed by atoms with van der Waals surface area (Å²) in [6.07, 6.45) is -0.250. The number of aromatic carboxylic acids is 1. The molecule has 4 atom stereocenters. The topological polar surface area (TPSA) is 165 Å². The van der Waals surface area contributed by atoms with Crippen LogP contribution in [0.25, 0.3) is 11.1 Å². The van der Waals surface area contributed by atoms with Crippen molar-refractivity contribution >= 4 is 35.6 Å². The highest BCUT2D eigenvalue weighted by atomic mass is 32.2. The molecular formula is C43H39N3O9S. The van der Waals surface area contributed by atoms with E-state index in [4.69, 9.17) is 14.2 Å². The molecule has 0 bridgehead atoms. The number of benzene rings is 4. The second-order valence-electron chi connectivity index (χ2n) is 13.4. The van der Waals surface area contributed by atoms with Crippen LogP contribution in [0.15, 0.2) is 126 Å². The molecule has 3 N–H and O–H groups in total. The molecule has 7 rings (SSSR count). The minimum atomic E-state index is -1.05. The van der Waals surface area contributed by atoms with Crippen molar-refractivity contribution in [2.75, 3.05) is 5.75 Å². The summed E-state index contributed by atoms with van der Waals surface area (Å²) >= 11 is 1.32. The van der Waals surface area contributed by atoms with Crippen molar-refractivity contribution in [2.24, 2.45) is 0 Å². The van der Waals surface area contributed by atoms with E-state index < -0.39 is 36.2 Å². The molecule has 0 radical (unpaired) electrons. The molecule has 1 aromatic heterocycles. The number of aliphatic hydroxyl groups is 1. The lowest BCUT2D eigenvalue weighted by molar-refractivity contribution is -0.245. The van der Waals surface area contributed by atoms with E-state index >= 15 is 0 Å². The molecule has 2 aliphatic heterocycles. The van der Waals surface area contributed by atoms with Crippen molar-refractivity contribution in [2.45, 2.75) is 62.2 Å². The third kappa shape index (κ3) is 9.15. The second-order valence-corrected chi connectivity index (χ2v) is 14.4. The number of likely N-dealkylation sites (tertiary alicyclic amines) is 1. The van der Waals surface area contributed by atoms with Gasteiger partial charge in [-0.05, 0) is 45.5 Å². The summed E-state index contributed by atoms with van der Waals surface area (Å²) in [5.41, 5.74) is 5.81. The van der Waals surface area contributed by atoms with Crippen LogP contribution in [0, 0.1) is 0 Å². The second kappa shape index (κ2) is 17.7. The summed E-state index contributed by atoms with van der Waals surface area (Å²) in [4.78, 5) is 56.1. The van der Waals surface area contributed by atoms with Gasteiger partial charge in [-0.2, -0.15) is 0 Å². The van der Waals surface area contributed by atoms with Crippen molar-refractivity contribution in [3.8, 4) is 11.1 Å². The molecule has 0 spiro atoms. The van der Waals surface area contributed by atoms with Crippen LogP contribution in [-0.2, 0) is 43.6 Å². The molecule has 4 aromatic carbocycles. The number of hydrogen-bond donors (Lipinski definition) is 3. The van der Waals surface area contributed by atoms with Crippen molar-refractivity contribution in [3.63, 3.8) is 0 Å². The van der Waals surface area contributed by atoms with E-state index in [1.54, 1.807) is 12.3 Å².